The van der Waals surface area contributed by atoms with Crippen molar-refractivity contribution in [1.29, 1.82) is 0 Å². The number of carbonyl (C=O) groups excluding carboxylic acids is 1. The summed E-state index contributed by atoms with van der Waals surface area (Å²) in [5.41, 5.74) is 1.03. The second-order valence-corrected chi connectivity index (χ2v) is 6.07. The minimum absolute atomic E-state index is 0.00697. The van der Waals surface area contributed by atoms with Gasteiger partial charge in [-0.15, -0.1) is 0 Å². The highest BCUT2D eigenvalue weighted by Crippen LogP contribution is 2.15. The molecule has 0 aromatic carbocycles. The predicted molar refractivity (Wildman–Crippen MR) is 92.1 cm³/mol. The van der Waals surface area contributed by atoms with Crippen molar-refractivity contribution in [2.24, 2.45) is 4.99 Å². The Morgan fingerprint density at radius 1 is 1.41 bits per heavy atom. The highest BCUT2D eigenvalue weighted by atomic mass is 16.2. The van der Waals surface area contributed by atoms with E-state index in [0.717, 1.165) is 18.7 Å². The Kier molecular flexibility index (Phi) is 7.95. The van der Waals surface area contributed by atoms with Gasteiger partial charge in [-0.2, -0.15) is 0 Å². The quantitative estimate of drug-likeness (QED) is 0.412. The van der Waals surface area contributed by atoms with Crippen LogP contribution in [-0.4, -0.2) is 74.5 Å². The first kappa shape index (κ1) is 18.5. The first-order chi connectivity index (χ1) is 10.4. The Morgan fingerprint density at radius 2 is 2.14 bits per heavy atom. The maximum absolute atomic E-state index is 11.7. The Labute approximate surface area is 134 Å². The highest BCUT2D eigenvalue weighted by molar-refractivity contribution is 5.84. The minimum atomic E-state index is -0.00697. The van der Waals surface area contributed by atoms with Gasteiger partial charge in [0.15, 0.2) is 5.96 Å². The molecule has 1 aliphatic rings. The summed E-state index contributed by atoms with van der Waals surface area (Å²) >= 11 is 0. The van der Waals surface area contributed by atoms with Crippen LogP contribution in [0.1, 0.15) is 26.7 Å². The van der Waals surface area contributed by atoms with Crippen molar-refractivity contribution in [3.05, 3.63) is 12.2 Å². The highest BCUT2D eigenvalue weighted by Gasteiger charge is 2.22. The molecule has 0 aliphatic carbocycles. The van der Waals surface area contributed by atoms with Crippen LogP contribution in [0.25, 0.3) is 0 Å². The van der Waals surface area contributed by atoms with Gasteiger partial charge in [0.1, 0.15) is 6.54 Å². The minimum Gasteiger partial charge on any atom is -0.355 e. The largest absolute Gasteiger partial charge is 0.355 e. The van der Waals surface area contributed by atoms with E-state index < -0.39 is 0 Å². The maximum Gasteiger partial charge on any atom is 0.243 e. The van der Waals surface area contributed by atoms with Crippen molar-refractivity contribution < 1.29 is 4.79 Å². The summed E-state index contributed by atoms with van der Waals surface area (Å²) in [5.74, 6) is 0.675. The van der Waals surface area contributed by atoms with Crippen molar-refractivity contribution >= 4 is 11.9 Å². The second-order valence-electron chi connectivity index (χ2n) is 6.07. The van der Waals surface area contributed by atoms with E-state index in [-0.39, 0.29) is 12.5 Å². The van der Waals surface area contributed by atoms with Crippen LogP contribution >= 0.6 is 0 Å². The van der Waals surface area contributed by atoms with Gasteiger partial charge in [0.05, 0.1) is 0 Å². The van der Waals surface area contributed by atoms with Crippen LogP contribution in [0.2, 0.25) is 0 Å². The molecule has 1 atom stereocenters. The van der Waals surface area contributed by atoms with Crippen LogP contribution in [0.5, 0.6) is 0 Å². The third-order valence-corrected chi connectivity index (χ3v) is 3.84. The van der Waals surface area contributed by atoms with Gasteiger partial charge in [-0.3, -0.25) is 9.69 Å². The molecule has 1 fully saturated rings. The molecular formula is C16H31N5O. The number of rotatable bonds is 7. The standard InChI is InChI=1S/C16H31N5O/c1-6-21-9-7-8-14(21)11-18-16(17-10-13(2)3)19-12-15(22)20(4)5/h14H,2,6-12H2,1,3-5H3,(H2,17,18,19). The molecule has 22 heavy (non-hydrogen) atoms. The van der Waals surface area contributed by atoms with Gasteiger partial charge < -0.3 is 15.5 Å². The lowest BCUT2D eigenvalue weighted by Crippen LogP contribution is -2.45. The number of hydrogen-bond acceptors (Lipinski definition) is 3. The molecule has 1 amide bonds. The van der Waals surface area contributed by atoms with Crippen molar-refractivity contribution in [1.82, 2.24) is 20.4 Å². The fourth-order valence-electron chi connectivity index (χ4n) is 2.45. The third kappa shape index (κ3) is 6.47. The molecule has 2 N–H and O–H groups in total. The van der Waals surface area contributed by atoms with Gasteiger partial charge in [0.2, 0.25) is 5.91 Å². The van der Waals surface area contributed by atoms with E-state index >= 15 is 0 Å². The van der Waals surface area contributed by atoms with Gasteiger partial charge in [-0.05, 0) is 32.9 Å². The predicted octanol–water partition coefficient (Wildman–Crippen LogP) is 0.670. The summed E-state index contributed by atoms with van der Waals surface area (Å²) in [7, 11) is 3.48. The van der Waals surface area contributed by atoms with Gasteiger partial charge in [-0.25, -0.2) is 4.99 Å². The first-order valence-corrected chi connectivity index (χ1v) is 8.04. The number of nitrogens with zero attached hydrogens (tertiary/aromatic N) is 3. The fraction of sp³-hybridized carbons (Fsp3) is 0.750. The molecule has 1 heterocycles. The zero-order valence-corrected chi connectivity index (χ0v) is 14.5. The van der Waals surface area contributed by atoms with Crippen LogP contribution < -0.4 is 10.6 Å². The maximum atomic E-state index is 11.7. The van der Waals surface area contributed by atoms with E-state index in [1.807, 2.05) is 6.92 Å². The molecule has 1 rings (SSSR count). The van der Waals surface area contributed by atoms with E-state index in [0.29, 0.717) is 18.5 Å². The molecule has 1 unspecified atom stereocenters. The average Bonchev–Trinajstić information content (AvgIpc) is 2.93. The number of likely N-dealkylation sites (tertiary alicyclic amines) is 1. The number of nitrogens with one attached hydrogen (secondary N) is 2. The summed E-state index contributed by atoms with van der Waals surface area (Å²) < 4.78 is 0. The Bertz CT molecular complexity index is 405. The van der Waals surface area contributed by atoms with E-state index in [4.69, 9.17) is 0 Å². The monoisotopic (exact) mass is 309 g/mol. The fourth-order valence-corrected chi connectivity index (χ4v) is 2.45. The smallest absolute Gasteiger partial charge is 0.243 e. The lowest BCUT2D eigenvalue weighted by atomic mass is 10.2. The van der Waals surface area contributed by atoms with Crippen molar-refractivity contribution in [2.45, 2.75) is 32.7 Å². The van der Waals surface area contributed by atoms with Crippen LogP contribution in [-0.2, 0) is 4.79 Å². The van der Waals surface area contributed by atoms with E-state index in [9.17, 15) is 4.79 Å². The average molecular weight is 309 g/mol. The van der Waals surface area contributed by atoms with Gasteiger partial charge >= 0.3 is 0 Å². The molecule has 6 nitrogen and oxygen atoms in total. The zero-order chi connectivity index (χ0) is 16.5. The topological polar surface area (TPSA) is 60.0 Å². The Morgan fingerprint density at radius 3 is 2.73 bits per heavy atom. The SMILES string of the molecule is C=C(C)CNC(=NCC(=O)N(C)C)NCC1CCCN1CC. The Balaban J connectivity index is 2.55. The number of carbonyl (C=O) groups is 1. The molecule has 6 heteroatoms. The first-order valence-electron chi connectivity index (χ1n) is 8.04. The molecule has 1 saturated heterocycles. The van der Waals surface area contributed by atoms with Crippen LogP contribution in [0.4, 0.5) is 0 Å². The molecule has 1 aliphatic heterocycles. The molecule has 0 bridgehead atoms. The number of guanidine groups is 1. The molecule has 0 radical (unpaired) electrons. The van der Waals surface area contributed by atoms with Gasteiger partial charge in [-0.1, -0.05) is 19.1 Å². The van der Waals surface area contributed by atoms with E-state index in [1.165, 1.54) is 19.4 Å². The summed E-state index contributed by atoms with van der Waals surface area (Å²) in [5, 5.41) is 6.58. The molecule has 126 valence electrons. The second kappa shape index (κ2) is 9.46. The summed E-state index contributed by atoms with van der Waals surface area (Å²) in [6, 6.07) is 0.548. The van der Waals surface area contributed by atoms with Crippen LogP contribution in [0.3, 0.4) is 0 Å². The molecule has 0 saturated carbocycles. The van der Waals surface area contributed by atoms with Crippen molar-refractivity contribution in [3.63, 3.8) is 0 Å². The van der Waals surface area contributed by atoms with Gasteiger partial charge in [0.25, 0.3) is 0 Å². The molecule has 0 aromatic rings. The van der Waals surface area contributed by atoms with Crippen molar-refractivity contribution in [2.75, 3.05) is 46.8 Å². The number of amides is 1. The normalized spacial score (nSPS) is 19.1. The number of likely N-dealkylation sites (N-methyl/N-ethyl adjacent to an activating group) is 2. The van der Waals surface area contributed by atoms with Gasteiger partial charge in [0, 0.05) is 33.2 Å². The molecular weight excluding hydrogens is 278 g/mol. The third-order valence-electron chi connectivity index (χ3n) is 3.84. The summed E-state index contributed by atoms with van der Waals surface area (Å²) in [4.78, 5) is 20.1. The lowest BCUT2D eigenvalue weighted by Gasteiger charge is -2.24. The lowest BCUT2D eigenvalue weighted by molar-refractivity contribution is -0.127. The number of hydrogen-bond donors (Lipinski definition) is 2. The van der Waals surface area contributed by atoms with E-state index in [1.54, 1.807) is 19.0 Å². The number of aliphatic imine (C=N–C) groups is 1. The zero-order valence-electron chi connectivity index (χ0n) is 14.5. The Hall–Kier alpha value is -1.56. The van der Waals surface area contributed by atoms with E-state index in [2.05, 4.69) is 34.0 Å². The summed E-state index contributed by atoms with van der Waals surface area (Å²) in [6.45, 7) is 12.0. The van der Waals surface area contributed by atoms with Crippen LogP contribution in [0.15, 0.2) is 17.1 Å². The molecule has 0 spiro atoms. The molecule has 0 aromatic heterocycles. The van der Waals surface area contributed by atoms with Crippen molar-refractivity contribution in [3.8, 4) is 0 Å². The van der Waals surface area contributed by atoms with Crippen LogP contribution in [0, 0.1) is 0 Å². The summed E-state index contributed by atoms with van der Waals surface area (Å²) in [6.07, 6.45) is 2.47.